The Morgan fingerprint density at radius 2 is 1.77 bits per heavy atom. The fraction of sp³-hybridized carbons (Fsp3) is 0.476. The molecule has 0 fully saturated rings. The number of urea groups is 1. The van der Waals surface area contributed by atoms with Crippen LogP contribution in [-0.2, 0) is 16.1 Å². The highest BCUT2D eigenvalue weighted by Gasteiger charge is 2.20. The number of aryl methyl sites for hydroxylation is 1. The molecule has 9 heteroatoms. The van der Waals surface area contributed by atoms with Crippen molar-refractivity contribution < 1.29 is 19.1 Å². The zero-order chi connectivity index (χ0) is 22.3. The molecule has 0 saturated carbocycles. The number of amides is 3. The van der Waals surface area contributed by atoms with Gasteiger partial charge in [-0.05, 0) is 33.3 Å². The Bertz CT molecular complexity index is 991. The molecule has 0 aliphatic heterocycles. The van der Waals surface area contributed by atoms with Gasteiger partial charge >= 0.3 is 12.0 Å². The SMILES string of the molecule is CCCCCn1nc(C(=O)OCC(=O)NC(=O)NC(C)(C)C)c2ccccc2c1=O. The molecule has 30 heavy (non-hydrogen) atoms. The number of unbranched alkanes of at least 4 members (excludes halogenated alkanes) is 2. The Balaban J connectivity index is 2.15. The first kappa shape index (κ1) is 23.1. The zero-order valence-corrected chi connectivity index (χ0v) is 17.8. The van der Waals surface area contributed by atoms with Crippen LogP contribution in [0.25, 0.3) is 10.8 Å². The second-order valence-corrected chi connectivity index (χ2v) is 7.96. The van der Waals surface area contributed by atoms with E-state index in [1.165, 1.54) is 4.68 Å². The maximum Gasteiger partial charge on any atom is 0.359 e. The number of carbonyl (C=O) groups excluding carboxylic acids is 3. The minimum atomic E-state index is -0.846. The van der Waals surface area contributed by atoms with Crippen LogP contribution in [-0.4, -0.2) is 39.8 Å². The van der Waals surface area contributed by atoms with Gasteiger partial charge in [-0.25, -0.2) is 14.3 Å². The maximum absolute atomic E-state index is 12.6. The molecule has 0 aliphatic carbocycles. The molecule has 2 aromatic rings. The second kappa shape index (κ2) is 10.00. The molecule has 0 unspecified atom stereocenters. The summed E-state index contributed by atoms with van der Waals surface area (Å²) in [7, 11) is 0. The molecule has 0 spiro atoms. The monoisotopic (exact) mass is 416 g/mol. The van der Waals surface area contributed by atoms with E-state index >= 15 is 0 Å². The third-order valence-corrected chi connectivity index (χ3v) is 4.11. The zero-order valence-electron chi connectivity index (χ0n) is 17.8. The number of aromatic nitrogens is 2. The van der Waals surface area contributed by atoms with Crippen LogP contribution in [0.2, 0.25) is 0 Å². The normalized spacial score (nSPS) is 11.2. The number of benzene rings is 1. The Morgan fingerprint density at radius 3 is 2.40 bits per heavy atom. The number of esters is 1. The quantitative estimate of drug-likeness (QED) is 0.528. The maximum atomic E-state index is 12.6. The number of imide groups is 1. The molecule has 9 nitrogen and oxygen atoms in total. The van der Waals surface area contributed by atoms with Crippen LogP contribution in [0.4, 0.5) is 4.79 Å². The topological polar surface area (TPSA) is 119 Å². The molecule has 162 valence electrons. The molecule has 2 rings (SSSR count). The number of ether oxygens (including phenoxy) is 1. The summed E-state index contributed by atoms with van der Waals surface area (Å²) in [6.07, 6.45) is 2.66. The van der Waals surface area contributed by atoms with E-state index < -0.39 is 30.1 Å². The number of hydrogen-bond donors (Lipinski definition) is 2. The summed E-state index contributed by atoms with van der Waals surface area (Å²) < 4.78 is 6.30. The summed E-state index contributed by atoms with van der Waals surface area (Å²) in [5, 5.41) is 9.55. The predicted molar refractivity (Wildman–Crippen MR) is 112 cm³/mol. The van der Waals surface area contributed by atoms with Gasteiger partial charge in [-0.2, -0.15) is 5.10 Å². The Hall–Kier alpha value is -3.23. The summed E-state index contributed by atoms with van der Waals surface area (Å²) in [6, 6.07) is 5.93. The molecule has 1 aromatic heterocycles. The summed E-state index contributed by atoms with van der Waals surface area (Å²) >= 11 is 0. The molecular formula is C21H28N4O5. The summed E-state index contributed by atoms with van der Waals surface area (Å²) in [5.41, 5.74) is -0.849. The van der Waals surface area contributed by atoms with E-state index in [2.05, 4.69) is 15.7 Å². The molecular weight excluding hydrogens is 388 g/mol. The summed E-state index contributed by atoms with van der Waals surface area (Å²) in [6.45, 7) is 7.08. The van der Waals surface area contributed by atoms with Gasteiger partial charge in [-0.15, -0.1) is 0 Å². The smallest absolute Gasteiger partial charge is 0.359 e. The lowest BCUT2D eigenvalue weighted by Crippen LogP contribution is -2.49. The third kappa shape index (κ3) is 6.40. The van der Waals surface area contributed by atoms with Crippen molar-refractivity contribution in [3.05, 3.63) is 40.3 Å². The van der Waals surface area contributed by atoms with Gasteiger partial charge in [0, 0.05) is 17.5 Å². The van der Waals surface area contributed by atoms with Crippen molar-refractivity contribution in [1.82, 2.24) is 20.4 Å². The van der Waals surface area contributed by atoms with Crippen LogP contribution < -0.4 is 16.2 Å². The van der Waals surface area contributed by atoms with Crippen LogP contribution in [0, 0.1) is 0 Å². The fourth-order valence-corrected chi connectivity index (χ4v) is 2.78. The molecule has 1 aromatic carbocycles. The number of carbonyl (C=O) groups is 3. The van der Waals surface area contributed by atoms with Crippen molar-refractivity contribution in [1.29, 1.82) is 0 Å². The van der Waals surface area contributed by atoms with Crippen molar-refractivity contribution in [2.45, 2.75) is 59.0 Å². The lowest BCUT2D eigenvalue weighted by Gasteiger charge is -2.20. The van der Waals surface area contributed by atoms with Crippen molar-refractivity contribution in [2.75, 3.05) is 6.61 Å². The minimum Gasteiger partial charge on any atom is -0.451 e. The number of rotatable bonds is 7. The van der Waals surface area contributed by atoms with Gasteiger partial charge in [-0.3, -0.25) is 14.9 Å². The van der Waals surface area contributed by atoms with Crippen LogP contribution in [0.5, 0.6) is 0 Å². The molecule has 0 radical (unpaired) electrons. The van der Waals surface area contributed by atoms with Crippen LogP contribution >= 0.6 is 0 Å². The van der Waals surface area contributed by atoms with Crippen LogP contribution in [0.1, 0.15) is 57.4 Å². The highest BCUT2D eigenvalue weighted by Crippen LogP contribution is 2.14. The Kier molecular flexibility index (Phi) is 7.68. The van der Waals surface area contributed by atoms with Gasteiger partial charge in [-0.1, -0.05) is 38.0 Å². The van der Waals surface area contributed by atoms with E-state index in [-0.39, 0.29) is 11.3 Å². The van der Waals surface area contributed by atoms with Crippen LogP contribution in [0.15, 0.2) is 29.1 Å². The van der Waals surface area contributed by atoms with Gasteiger partial charge in [0.15, 0.2) is 12.3 Å². The lowest BCUT2D eigenvalue weighted by molar-refractivity contribution is -0.123. The van der Waals surface area contributed by atoms with Crippen molar-refractivity contribution >= 4 is 28.7 Å². The number of nitrogens with one attached hydrogen (secondary N) is 2. The van der Waals surface area contributed by atoms with E-state index in [4.69, 9.17) is 4.74 Å². The van der Waals surface area contributed by atoms with Gasteiger partial charge < -0.3 is 10.1 Å². The number of nitrogens with zero attached hydrogens (tertiary/aromatic N) is 2. The van der Waals surface area contributed by atoms with Gasteiger partial charge in [0.2, 0.25) is 0 Å². The molecule has 3 amide bonds. The van der Waals surface area contributed by atoms with E-state index in [0.29, 0.717) is 17.3 Å². The molecule has 0 bridgehead atoms. The second-order valence-electron chi connectivity index (χ2n) is 7.96. The van der Waals surface area contributed by atoms with E-state index in [9.17, 15) is 19.2 Å². The van der Waals surface area contributed by atoms with Gasteiger partial charge in [0.05, 0.1) is 5.39 Å². The van der Waals surface area contributed by atoms with Gasteiger partial charge in [0.25, 0.3) is 11.5 Å². The Morgan fingerprint density at radius 1 is 1.10 bits per heavy atom. The largest absolute Gasteiger partial charge is 0.451 e. The molecule has 0 atom stereocenters. The van der Waals surface area contributed by atoms with E-state index in [1.807, 2.05) is 6.92 Å². The highest BCUT2D eigenvalue weighted by molar-refractivity contribution is 6.03. The van der Waals surface area contributed by atoms with Crippen molar-refractivity contribution in [2.24, 2.45) is 0 Å². The molecule has 0 saturated heterocycles. The van der Waals surface area contributed by atoms with Crippen LogP contribution in [0.3, 0.4) is 0 Å². The standard InChI is InChI=1S/C21H28N4O5/c1-5-6-9-12-25-18(27)15-11-8-7-10-14(15)17(24-25)19(28)30-13-16(26)22-20(29)23-21(2,3)4/h7-8,10-11H,5-6,9,12-13H2,1-4H3,(H2,22,23,26,29). The third-order valence-electron chi connectivity index (χ3n) is 4.11. The molecule has 0 aliphatic rings. The average molecular weight is 416 g/mol. The number of hydrogen-bond acceptors (Lipinski definition) is 6. The summed E-state index contributed by atoms with van der Waals surface area (Å²) in [4.78, 5) is 48.9. The van der Waals surface area contributed by atoms with Crippen molar-refractivity contribution in [3.63, 3.8) is 0 Å². The van der Waals surface area contributed by atoms with E-state index in [1.54, 1.807) is 45.0 Å². The lowest BCUT2D eigenvalue weighted by atomic mass is 10.1. The Labute approximate surface area is 174 Å². The highest BCUT2D eigenvalue weighted by atomic mass is 16.5. The minimum absolute atomic E-state index is 0.0476. The summed E-state index contributed by atoms with van der Waals surface area (Å²) in [5.74, 6) is -1.62. The number of fused-ring (bicyclic) bond motifs is 1. The molecule has 2 N–H and O–H groups in total. The predicted octanol–water partition coefficient (Wildman–Crippen LogP) is 2.37. The molecule has 1 heterocycles. The first-order valence-corrected chi connectivity index (χ1v) is 9.91. The van der Waals surface area contributed by atoms with Gasteiger partial charge in [0.1, 0.15) is 0 Å². The fourth-order valence-electron chi connectivity index (χ4n) is 2.78. The average Bonchev–Trinajstić information content (AvgIpc) is 2.66. The first-order valence-electron chi connectivity index (χ1n) is 9.91. The van der Waals surface area contributed by atoms with E-state index in [0.717, 1.165) is 19.3 Å². The van der Waals surface area contributed by atoms with Crippen molar-refractivity contribution in [3.8, 4) is 0 Å². The first-order chi connectivity index (χ1) is 14.1.